The van der Waals surface area contributed by atoms with Gasteiger partial charge in [-0.3, -0.25) is 4.79 Å². The largest absolute Gasteiger partial charge is 0.372 e. The SMILES string of the molecule is Cn1cncc1C1CC(NC(=O)c2ccc3c(c2)COC3)CCO1. The number of aryl methyl sites for hydroxylation is 1. The Morgan fingerprint density at radius 1 is 1.33 bits per heavy atom. The first-order valence-corrected chi connectivity index (χ1v) is 8.29. The zero-order valence-corrected chi connectivity index (χ0v) is 13.7. The molecule has 4 rings (SSSR count). The number of hydrogen-bond acceptors (Lipinski definition) is 4. The molecule has 1 fully saturated rings. The number of fused-ring (bicyclic) bond motifs is 1. The molecule has 1 saturated heterocycles. The zero-order chi connectivity index (χ0) is 16.5. The first-order valence-electron chi connectivity index (χ1n) is 8.29. The lowest BCUT2D eigenvalue weighted by atomic mass is 10.00. The van der Waals surface area contributed by atoms with Crippen molar-refractivity contribution in [2.24, 2.45) is 7.05 Å². The van der Waals surface area contributed by atoms with Crippen molar-refractivity contribution in [1.29, 1.82) is 0 Å². The highest BCUT2D eigenvalue weighted by Crippen LogP contribution is 2.28. The molecule has 0 aliphatic carbocycles. The predicted molar refractivity (Wildman–Crippen MR) is 87.3 cm³/mol. The Labute approximate surface area is 140 Å². The third-order valence-electron chi connectivity index (χ3n) is 4.79. The standard InChI is InChI=1S/C18H21N3O3/c1-21-11-19-8-16(21)17-7-15(4-5-24-17)20-18(22)12-2-3-13-9-23-10-14(13)6-12/h2-3,6,8,11,15,17H,4-5,7,9-10H2,1H3,(H,20,22). The molecule has 2 aliphatic heterocycles. The highest BCUT2D eigenvalue weighted by molar-refractivity contribution is 5.94. The summed E-state index contributed by atoms with van der Waals surface area (Å²) in [6.45, 7) is 1.87. The molecule has 0 spiro atoms. The van der Waals surface area contributed by atoms with Gasteiger partial charge in [0.1, 0.15) is 6.10 Å². The lowest BCUT2D eigenvalue weighted by Crippen LogP contribution is -2.40. The number of ether oxygens (including phenoxy) is 2. The van der Waals surface area contributed by atoms with Crippen LogP contribution >= 0.6 is 0 Å². The second-order valence-corrected chi connectivity index (χ2v) is 6.46. The first kappa shape index (κ1) is 15.4. The molecule has 3 heterocycles. The summed E-state index contributed by atoms with van der Waals surface area (Å²) in [5.41, 5.74) is 4.03. The average Bonchev–Trinajstić information content (AvgIpc) is 3.22. The van der Waals surface area contributed by atoms with Gasteiger partial charge < -0.3 is 19.4 Å². The number of aromatic nitrogens is 2. The number of imidazole rings is 1. The number of carbonyl (C=O) groups is 1. The van der Waals surface area contributed by atoms with Gasteiger partial charge in [-0.1, -0.05) is 6.07 Å². The van der Waals surface area contributed by atoms with Gasteiger partial charge in [0, 0.05) is 25.3 Å². The maximum Gasteiger partial charge on any atom is 0.251 e. The van der Waals surface area contributed by atoms with E-state index in [1.165, 1.54) is 5.56 Å². The van der Waals surface area contributed by atoms with Crippen molar-refractivity contribution in [3.05, 3.63) is 53.1 Å². The molecule has 0 radical (unpaired) electrons. The highest BCUT2D eigenvalue weighted by atomic mass is 16.5. The topological polar surface area (TPSA) is 65.4 Å². The summed E-state index contributed by atoms with van der Waals surface area (Å²) in [6, 6.07) is 5.91. The third-order valence-corrected chi connectivity index (χ3v) is 4.79. The fourth-order valence-corrected chi connectivity index (χ4v) is 3.39. The fraction of sp³-hybridized carbons (Fsp3) is 0.444. The van der Waals surface area contributed by atoms with Crippen LogP contribution in [0, 0.1) is 0 Å². The van der Waals surface area contributed by atoms with Crippen LogP contribution in [0.4, 0.5) is 0 Å². The molecule has 126 valence electrons. The minimum Gasteiger partial charge on any atom is -0.372 e. The number of benzene rings is 1. The summed E-state index contributed by atoms with van der Waals surface area (Å²) < 4.78 is 13.2. The van der Waals surface area contributed by atoms with E-state index in [9.17, 15) is 4.79 Å². The molecular weight excluding hydrogens is 306 g/mol. The monoisotopic (exact) mass is 327 g/mol. The minimum atomic E-state index is -0.0274. The maximum absolute atomic E-state index is 12.6. The molecule has 0 bridgehead atoms. The van der Waals surface area contributed by atoms with Crippen LogP contribution < -0.4 is 5.32 Å². The number of rotatable bonds is 3. The van der Waals surface area contributed by atoms with Gasteiger partial charge >= 0.3 is 0 Å². The number of hydrogen-bond donors (Lipinski definition) is 1. The van der Waals surface area contributed by atoms with E-state index in [1.807, 2.05) is 36.0 Å². The van der Waals surface area contributed by atoms with Crippen molar-refractivity contribution >= 4 is 5.91 Å². The summed E-state index contributed by atoms with van der Waals surface area (Å²) in [6.07, 6.45) is 5.17. The Morgan fingerprint density at radius 3 is 3.04 bits per heavy atom. The molecule has 2 unspecified atom stereocenters. The number of nitrogens with zero attached hydrogens (tertiary/aromatic N) is 2. The number of carbonyl (C=O) groups excluding carboxylic acids is 1. The van der Waals surface area contributed by atoms with Crippen LogP contribution in [0.25, 0.3) is 0 Å². The predicted octanol–water partition coefficient (Wildman–Crippen LogP) is 2.10. The van der Waals surface area contributed by atoms with E-state index < -0.39 is 0 Å². The molecule has 2 aliphatic rings. The number of nitrogens with one attached hydrogen (secondary N) is 1. The van der Waals surface area contributed by atoms with Gasteiger partial charge in [0.15, 0.2) is 0 Å². The average molecular weight is 327 g/mol. The summed E-state index contributed by atoms with van der Waals surface area (Å²) in [5.74, 6) is -0.0274. The summed E-state index contributed by atoms with van der Waals surface area (Å²) >= 11 is 0. The second kappa shape index (κ2) is 6.37. The molecular formula is C18H21N3O3. The van der Waals surface area contributed by atoms with Crippen LogP contribution in [-0.4, -0.2) is 28.1 Å². The van der Waals surface area contributed by atoms with Crippen LogP contribution in [0.3, 0.4) is 0 Å². The Balaban J connectivity index is 1.43. The van der Waals surface area contributed by atoms with Gasteiger partial charge in [-0.15, -0.1) is 0 Å². The lowest BCUT2D eigenvalue weighted by molar-refractivity contribution is -0.00301. The Kier molecular flexibility index (Phi) is 4.08. The molecule has 0 saturated carbocycles. The molecule has 2 aromatic rings. The van der Waals surface area contributed by atoms with Crippen LogP contribution in [0.1, 0.15) is 46.1 Å². The summed E-state index contributed by atoms with van der Waals surface area (Å²) in [4.78, 5) is 16.7. The molecule has 1 aromatic heterocycles. The smallest absolute Gasteiger partial charge is 0.251 e. The van der Waals surface area contributed by atoms with E-state index in [4.69, 9.17) is 9.47 Å². The fourth-order valence-electron chi connectivity index (χ4n) is 3.39. The van der Waals surface area contributed by atoms with Gasteiger partial charge in [-0.05, 0) is 36.1 Å². The van der Waals surface area contributed by atoms with Gasteiger partial charge in [-0.2, -0.15) is 0 Å². The minimum absolute atomic E-state index is 0.0232. The van der Waals surface area contributed by atoms with E-state index in [0.29, 0.717) is 25.4 Å². The van der Waals surface area contributed by atoms with Crippen molar-refractivity contribution in [3.63, 3.8) is 0 Å². The van der Waals surface area contributed by atoms with E-state index in [0.717, 1.165) is 24.1 Å². The molecule has 24 heavy (non-hydrogen) atoms. The zero-order valence-electron chi connectivity index (χ0n) is 13.7. The highest BCUT2D eigenvalue weighted by Gasteiger charge is 2.27. The van der Waals surface area contributed by atoms with E-state index >= 15 is 0 Å². The Hall–Kier alpha value is -2.18. The second-order valence-electron chi connectivity index (χ2n) is 6.46. The molecule has 2 atom stereocenters. The molecule has 1 amide bonds. The summed E-state index contributed by atoms with van der Waals surface area (Å²) in [5, 5.41) is 3.15. The first-order chi connectivity index (χ1) is 11.7. The summed E-state index contributed by atoms with van der Waals surface area (Å²) in [7, 11) is 1.96. The van der Waals surface area contributed by atoms with E-state index in [-0.39, 0.29) is 18.1 Å². The van der Waals surface area contributed by atoms with Crippen LogP contribution in [0.5, 0.6) is 0 Å². The third kappa shape index (κ3) is 2.95. The Bertz CT molecular complexity index is 756. The molecule has 1 aromatic carbocycles. The molecule has 1 N–H and O–H groups in total. The van der Waals surface area contributed by atoms with Crippen LogP contribution in [-0.2, 0) is 29.7 Å². The van der Waals surface area contributed by atoms with Gasteiger partial charge in [0.05, 0.1) is 31.4 Å². The van der Waals surface area contributed by atoms with Crippen molar-refractivity contribution in [2.45, 2.75) is 38.2 Å². The van der Waals surface area contributed by atoms with Crippen LogP contribution in [0.15, 0.2) is 30.7 Å². The lowest BCUT2D eigenvalue weighted by Gasteiger charge is -2.30. The van der Waals surface area contributed by atoms with Crippen molar-refractivity contribution < 1.29 is 14.3 Å². The van der Waals surface area contributed by atoms with E-state index in [2.05, 4.69) is 10.3 Å². The molecule has 6 nitrogen and oxygen atoms in total. The van der Waals surface area contributed by atoms with Gasteiger partial charge in [-0.25, -0.2) is 4.98 Å². The van der Waals surface area contributed by atoms with Crippen LogP contribution in [0.2, 0.25) is 0 Å². The van der Waals surface area contributed by atoms with Crippen molar-refractivity contribution in [1.82, 2.24) is 14.9 Å². The van der Waals surface area contributed by atoms with E-state index in [1.54, 1.807) is 6.33 Å². The quantitative estimate of drug-likeness (QED) is 0.937. The van der Waals surface area contributed by atoms with Gasteiger partial charge in [0.2, 0.25) is 0 Å². The maximum atomic E-state index is 12.6. The normalized spacial score (nSPS) is 23.0. The Morgan fingerprint density at radius 2 is 2.21 bits per heavy atom. The molecule has 6 heteroatoms. The number of amides is 1. The van der Waals surface area contributed by atoms with Crippen molar-refractivity contribution in [2.75, 3.05) is 6.61 Å². The van der Waals surface area contributed by atoms with Gasteiger partial charge in [0.25, 0.3) is 5.91 Å². The van der Waals surface area contributed by atoms with Crippen molar-refractivity contribution in [3.8, 4) is 0 Å².